The number of imide groups is 1. The van der Waals surface area contributed by atoms with Crippen molar-refractivity contribution in [2.75, 3.05) is 11.5 Å². The molecule has 3 rings (SSSR count). The van der Waals surface area contributed by atoms with Crippen molar-refractivity contribution >= 4 is 17.5 Å². The number of ether oxygens (including phenoxy) is 1. The fourth-order valence-corrected chi connectivity index (χ4v) is 2.82. The Labute approximate surface area is 146 Å². The summed E-state index contributed by atoms with van der Waals surface area (Å²) < 4.78 is 10.9. The van der Waals surface area contributed by atoms with Crippen LogP contribution in [-0.2, 0) is 16.1 Å². The van der Waals surface area contributed by atoms with Crippen LogP contribution < -0.4 is 15.0 Å². The van der Waals surface area contributed by atoms with E-state index in [0.29, 0.717) is 18.8 Å². The normalized spacial score (nSPS) is 17.3. The quantitative estimate of drug-likeness (QED) is 0.586. The molecule has 2 amide bonds. The first-order valence-electron chi connectivity index (χ1n) is 8.64. The third-order valence-electron chi connectivity index (χ3n) is 4.23. The number of hydrogen-bond donors (Lipinski definition) is 1. The third-order valence-corrected chi connectivity index (χ3v) is 4.23. The van der Waals surface area contributed by atoms with Gasteiger partial charge in [0.25, 0.3) is 5.91 Å². The first-order valence-corrected chi connectivity index (χ1v) is 8.64. The molecule has 1 atom stereocenters. The highest BCUT2D eigenvalue weighted by Crippen LogP contribution is 2.24. The van der Waals surface area contributed by atoms with Crippen LogP contribution in [0.5, 0.6) is 5.75 Å². The standard InChI is InChI=1S/C19H22N2O4/c1-2-3-10-24-15-8-6-14(7-9-15)21-18(22)12-17(19(21)23)20-13-16-5-4-11-25-16/h4-9,11,17,20H,2-3,10,12-13H2,1H3/p+1/t17-/m0/s1. The predicted octanol–water partition coefficient (Wildman–Crippen LogP) is 1.85. The summed E-state index contributed by atoms with van der Waals surface area (Å²) in [5.74, 6) is 1.17. The van der Waals surface area contributed by atoms with E-state index >= 15 is 0 Å². The Bertz CT molecular complexity index is 710. The lowest BCUT2D eigenvalue weighted by atomic mass is 10.2. The minimum absolute atomic E-state index is 0.176. The summed E-state index contributed by atoms with van der Waals surface area (Å²) in [4.78, 5) is 26.1. The van der Waals surface area contributed by atoms with Crippen molar-refractivity contribution in [1.82, 2.24) is 0 Å². The van der Waals surface area contributed by atoms with Gasteiger partial charge in [0.1, 0.15) is 12.3 Å². The van der Waals surface area contributed by atoms with Crippen LogP contribution in [0.2, 0.25) is 0 Å². The highest BCUT2D eigenvalue weighted by Gasteiger charge is 2.42. The first-order chi connectivity index (χ1) is 12.2. The predicted molar refractivity (Wildman–Crippen MR) is 92.1 cm³/mol. The number of furan rings is 1. The lowest BCUT2D eigenvalue weighted by Gasteiger charge is -2.15. The summed E-state index contributed by atoms with van der Waals surface area (Å²) in [6.07, 6.45) is 3.87. The van der Waals surface area contributed by atoms with E-state index in [1.807, 2.05) is 11.4 Å². The van der Waals surface area contributed by atoms with Crippen molar-refractivity contribution in [3.05, 3.63) is 48.4 Å². The summed E-state index contributed by atoms with van der Waals surface area (Å²) in [6.45, 7) is 3.31. The molecule has 0 saturated carbocycles. The van der Waals surface area contributed by atoms with E-state index in [1.165, 1.54) is 4.90 Å². The highest BCUT2D eigenvalue weighted by molar-refractivity contribution is 6.21. The number of nitrogens with two attached hydrogens (primary N) is 1. The summed E-state index contributed by atoms with van der Waals surface area (Å²) in [5.41, 5.74) is 0.590. The number of quaternary nitrogens is 1. The summed E-state index contributed by atoms with van der Waals surface area (Å²) in [6, 6.07) is 10.4. The SMILES string of the molecule is CCCCOc1ccc(N2C(=O)C[C@H]([NH2+]Cc3ccco3)C2=O)cc1. The second kappa shape index (κ2) is 7.98. The van der Waals surface area contributed by atoms with Gasteiger partial charge in [-0.1, -0.05) is 13.3 Å². The molecule has 1 saturated heterocycles. The second-order valence-electron chi connectivity index (χ2n) is 6.09. The van der Waals surface area contributed by atoms with Crippen molar-refractivity contribution in [2.24, 2.45) is 0 Å². The van der Waals surface area contributed by atoms with Gasteiger partial charge in [0.15, 0.2) is 11.8 Å². The Balaban J connectivity index is 1.61. The molecule has 2 heterocycles. The number of nitrogens with zero attached hydrogens (tertiary/aromatic N) is 1. The Morgan fingerprint density at radius 3 is 2.72 bits per heavy atom. The molecular formula is C19H23N2O4+. The number of hydrogen-bond acceptors (Lipinski definition) is 4. The van der Waals surface area contributed by atoms with Crippen molar-refractivity contribution in [1.29, 1.82) is 0 Å². The van der Waals surface area contributed by atoms with E-state index in [9.17, 15) is 9.59 Å². The molecule has 1 aliphatic rings. The van der Waals surface area contributed by atoms with Crippen molar-refractivity contribution in [3.8, 4) is 5.75 Å². The Kier molecular flexibility index (Phi) is 5.50. The van der Waals surface area contributed by atoms with Gasteiger partial charge in [-0.3, -0.25) is 9.59 Å². The molecule has 0 unspecified atom stereocenters. The maximum Gasteiger partial charge on any atom is 0.292 e. The second-order valence-corrected chi connectivity index (χ2v) is 6.09. The molecule has 1 aromatic carbocycles. The van der Waals surface area contributed by atoms with Gasteiger partial charge in [0.05, 0.1) is 25.0 Å². The third kappa shape index (κ3) is 4.09. The number of rotatable bonds is 8. The Hall–Kier alpha value is -2.60. The molecular weight excluding hydrogens is 320 g/mol. The molecule has 132 valence electrons. The van der Waals surface area contributed by atoms with Gasteiger partial charge in [-0.2, -0.15) is 0 Å². The van der Waals surface area contributed by atoms with Gasteiger partial charge in [-0.05, 0) is 42.8 Å². The summed E-state index contributed by atoms with van der Waals surface area (Å²) >= 11 is 0. The molecule has 1 aromatic heterocycles. The number of amides is 2. The first kappa shape index (κ1) is 17.2. The van der Waals surface area contributed by atoms with Crippen molar-refractivity contribution in [2.45, 2.75) is 38.8 Å². The Morgan fingerprint density at radius 1 is 1.24 bits per heavy atom. The van der Waals surface area contributed by atoms with E-state index in [4.69, 9.17) is 9.15 Å². The zero-order chi connectivity index (χ0) is 17.6. The maximum absolute atomic E-state index is 12.6. The van der Waals surface area contributed by atoms with Crippen LogP contribution in [0, 0.1) is 0 Å². The van der Waals surface area contributed by atoms with Crippen LogP contribution in [0.3, 0.4) is 0 Å². The molecule has 0 bridgehead atoms. The molecule has 25 heavy (non-hydrogen) atoms. The number of benzene rings is 1. The molecule has 6 nitrogen and oxygen atoms in total. The van der Waals surface area contributed by atoms with Crippen molar-refractivity contribution < 1.29 is 24.1 Å². The average molecular weight is 343 g/mol. The topological polar surface area (TPSA) is 76.4 Å². The minimum Gasteiger partial charge on any atom is -0.494 e. The fraction of sp³-hybridized carbons (Fsp3) is 0.368. The fourth-order valence-electron chi connectivity index (χ4n) is 2.82. The van der Waals surface area contributed by atoms with Crippen LogP contribution in [0.25, 0.3) is 0 Å². The van der Waals surface area contributed by atoms with Gasteiger partial charge < -0.3 is 14.5 Å². The summed E-state index contributed by atoms with van der Waals surface area (Å²) in [5, 5.41) is 1.85. The van der Waals surface area contributed by atoms with Gasteiger partial charge in [-0.15, -0.1) is 0 Å². The molecule has 2 N–H and O–H groups in total. The van der Waals surface area contributed by atoms with Gasteiger partial charge >= 0.3 is 0 Å². The zero-order valence-electron chi connectivity index (χ0n) is 14.3. The van der Waals surface area contributed by atoms with E-state index in [-0.39, 0.29) is 18.2 Å². The van der Waals surface area contributed by atoms with Crippen LogP contribution in [0.4, 0.5) is 5.69 Å². The zero-order valence-corrected chi connectivity index (χ0v) is 14.3. The molecule has 1 fully saturated rings. The van der Waals surface area contributed by atoms with Crippen LogP contribution in [0.1, 0.15) is 31.9 Å². The van der Waals surface area contributed by atoms with E-state index in [2.05, 4.69) is 6.92 Å². The maximum atomic E-state index is 12.6. The minimum atomic E-state index is -0.405. The lowest BCUT2D eigenvalue weighted by molar-refractivity contribution is -0.691. The smallest absolute Gasteiger partial charge is 0.292 e. The number of carbonyl (C=O) groups is 2. The molecule has 0 spiro atoms. The van der Waals surface area contributed by atoms with Gasteiger partial charge in [-0.25, -0.2) is 4.90 Å². The number of anilines is 1. The molecule has 0 radical (unpaired) electrons. The lowest BCUT2D eigenvalue weighted by Crippen LogP contribution is -2.90. The van der Waals surface area contributed by atoms with Crippen LogP contribution in [-0.4, -0.2) is 24.5 Å². The van der Waals surface area contributed by atoms with Crippen LogP contribution >= 0.6 is 0 Å². The molecule has 2 aromatic rings. The van der Waals surface area contributed by atoms with Gasteiger partial charge in [0, 0.05) is 0 Å². The monoisotopic (exact) mass is 343 g/mol. The van der Waals surface area contributed by atoms with Crippen LogP contribution in [0.15, 0.2) is 47.1 Å². The molecule has 1 aliphatic heterocycles. The largest absolute Gasteiger partial charge is 0.494 e. The summed E-state index contributed by atoms with van der Waals surface area (Å²) in [7, 11) is 0. The van der Waals surface area contributed by atoms with Crippen molar-refractivity contribution in [3.63, 3.8) is 0 Å². The molecule has 0 aliphatic carbocycles. The average Bonchev–Trinajstić information content (AvgIpc) is 3.22. The number of unbranched alkanes of at least 4 members (excludes halogenated alkanes) is 1. The van der Waals surface area contributed by atoms with E-state index < -0.39 is 6.04 Å². The molecule has 6 heteroatoms. The Morgan fingerprint density at radius 2 is 2.04 bits per heavy atom. The van der Waals surface area contributed by atoms with Gasteiger partial charge in [0.2, 0.25) is 5.91 Å². The highest BCUT2D eigenvalue weighted by atomic mass is 16.5. The number of carbonyl (C=O) groups excluding carboxylic acids is 2. The van der Waals surface area contributed by atoms with E-state index in [1.54, 1.807) is 36.6 Å². The van der Waals surface area contributed by atoms with E-state index in [0.717, 1.165) is 24.4 Å².